The number of hydrogen-bond acceptors (Lipinski definition) is 2. The van der Waals surface area contributed by atoms with E-state index in [-0.39, 0.29) is 11.7 Å². The van der Waals surface area contributed by atoms with Crippen LogP contribution in [0.3, 0.4) is 0 Å². The van der Waals surface area contributed by atoms with Crippen LogP contribution in [-0.2, 0) is 9.59 Å². The predicted octanol–water partition coefficient (Wildman–Crippen LogP) is 4.30. The van der Waals surface area contributed by atoms with Crippen molar-refractivity contribution in [2.24, 2.45) is 0 Å². The number of amides is 1. The third-order valence-electron chi connectivity index (χ3n) is 1.26. The van der Waals surface area contributed by atoms with Gasteiger partial charge in [0.1, 0.15) is 5.78 Å². The Hall–Kier alpha value is -1.82. The quantitative estimate of drug-likeness (QED) is 0.607. The minimum absolute atomic E-state index is 0.0441. The molecule has 122 valence electrons. The Morgan fingerprint density at radius 1 is 1.10 bits per heavy atom. The molecule has 3 nitrogen and oxygen atoms in total. The van der Waals surface area contributed by atoms with E-state index in [1.807, 2.05) is 19.9 Å². The molecule has 0 fully saturated rings. The minimum Gasteiger partial charge on any atom is -0.353 e. The molecule has 1 N–H and O–H groups in total. The molecule has 3 heteroatoms. The maximum absolute atomic E-state index is 10.5. The SMILES string of the molecule is C#CC.CC.CC(=O)C/C=C\C=C/CNC(C)=O.CCC. The molecule has 0 unspecified atom stereocenters. The maximum atomic E-state index is 10.5. The largest absolute Gasteiger partial charge is 0.353 e. The Balaban J connectivity index is -0.000000151. The number of ketones is 1. The lowest BCUT2D eigenvalue weighted by atomic mass is 10.3. The lowest BCUT2D eigenvalue weighted by molar-refractivity contribution is -0.119. The molecule has 0 aromatic heterocycles. The summed E-state index contributed by atoms with van der Waals surface area (Å²) >= 11 is 0. The molecule has 0 atom stereocenters. The summed E-state index contributed by atoms with van der Waals surface area (Å²) in [6.07, 6.45) is 13.5. The van der Waals surface area contributed by atoms with E-state index in [4.69, 9.17) is 0 Å². The van der Waals surface area contributed by atoms with Crippen molar-refractivity contribution in [3.05, 3.63) is 24.3 Å². The zero-order valence-electron chi connectivity index (χ0n) is 14.8. The van der Waals surface area contributed by atoms with E-state index in [0.29, 0.717) is 13.0 Å². The first-order valence-corrected chi connectivity index (χ1v) is 7.38. The number of hydrogen-bond donors (Lipinski definition) is 1. The van der Waals surface area contributed by atoms with Gasteiger partial charge in [-0.3, -0.25) is 9.59 Å². The van der Waals surface area contributed by atoms with Gasteiger partial charge in [-0.1, -0.05) is 58.4 Å². The first kappa shape index (κ1) is 27.5. The van der Waals surface area contributed by atoms with Crippen LogP contribution < -0.4 is 5.32 Å². The zero-order chi connectivity index (χ0) is 17.5. The van der Waals surface area contributed by atoms with Crippen LogP contribution in [0.25, 0.3) is 0 Å². The van der Waals surface area contributed by atoms with Gasteiger partial charge in [0.05, 0.1) is 0 Å². The van der Waals surface area contributed by atoms with Crippen molar-refractivity contribution < 1.29 is 9.59 Å². The van der Waals surface area contributed by atoms with Crippen LogP contribution in [0.1, 0.15) is 61.3 Å². The Bertz CT molecular complexity index is 310. The molecule has 0 aliphatic rings. The number of nitrogens with one attached hydrogen (secondary N) is 1. The molecule has 0 saturated carbocycles. The van der Waals surface area contributed by atoms with Gasteiger partial charge in [-0.2, -0.15) is 0 Å². The van der Waals surface area contributed by atoms with Gasteiger partial charge in [0.2, 0.25) is 5.91 Å². The van der Waals surface area contributed by atoms with Crippen molar-refractivity contribution in [2.75, 3.05) is 6.54 Å². The summed E-state index contributed by atoms with van der Waals surface area (Å²) in [4.78, 5) is 20.9. The normalized spacial score (nSPS) is 8.29. The van der Waals surface area contributed by atoms with Crippen molar-refractivity contribution in [1.29, 1.82) is 0 Å². The second-order valence-electron chi connectivity index (χ2n) is 3.70. The first-order chi connectivity index (χ1) is 9.95. The molecule has 0 aromatic rings. The molecule has 0 rings (SSSR count). The van der Waals surface area contributed by atoms with Crippen molar-refractivity contribution in [2.45, 2.75) is 61.3 Å². The third kappa shape index (κ3) is 71.1. The van der Waals surface area contributed by atoms with Crippen LogP contribution >= 0.6 is 0 Å². The minimum atomic E-state index is -0.0441. The van der Waals surface area contributed by atoms with Crippen LogP contribution in [0, 0.1) is 12.3 Å². The summed E-state index contributed by atoms with van der Waals surface area (Å²) < 4.78 is 0. The topological polar surface area (TPSA) is 46.2 Å². The Morgan fingerprint density at radius 2 is 1.48 bits per heavy atom. The summed E-state index contributed by atoms with van der Waals surface area (Å²) in [6.45, 7) is 13.4. The highest BCUT2D eigenvalue weighted by Crippen LogP contribution is 1.85. The van der Waals surface area contributed by atoms with Crippen molar-refractivity contribution in [3.8, 4) is 12.3 Å². The number of rotatable bonds is 5. The molecule has 0 heterocycles. The fourth-order valence-corrected chi connectivity index (χ4v) is 0.662. The number of allylic oxidation sites excluding steroid dienone is 3. The highest BCUT2D eigenvalue weighted by Gasteiger charge is 1.84. The van der Waals surface area contributed by atoms with Gasteiger partial charge in [-0.15, -0.1) is 12.3 Å². The molecule has 0 aliphatic carbocycles. The molecule has 0 aliphatic heterocycles. The molecule has 21 heavy (non-hydrogen) atoms. The van der Waals surface area contributed by atoms with Gasteiger partial charge in [0.25, 0.3) is 0 Å². The van der Waals surface area contributed by atoms with Crippen LogP contribution in [0.15, 0.2) is 24.3 Å². The highest BCUT2D eigenvalue weighted by atomic mass is 16.1. The molecule has 0 radical (unpaired) electrons. The van der Waals surface area contributed by atoms with Crippen molar-refractivity contribution in [3.63, 3.8) is 0 Å². The standard InChI is InChI=1S/C10H15NO2.C3H8.C3H4.C2H6/c1-9(12)7-5-3-4-6-8-11-10(2)13;2*1-3-2;1-2/h3-6H,7-8H2,1-2H3,(H,11,13);3H2,1-2H3;1H,2H3;1-2H3/b5-3-,6-4-;;;. The van der Waals surface area contributed by atoms with E-state index in [9.17, 15) is 9.59 Å². The highest BCUT2D eigenvalue weighted by molar-refractivity contribution is 5.77. The van der Waals surface area contributed by atoms with E-state index in [1.165, 1.54) is 13.3 Å². The first-order valence-electron chi connectivity index (χ1n) is 7.38. The number of terminal acetylenes is 1. The van der Waals surface area contributed by atoms with E-state index >= 15 is 0 Å². The summed E-state index contributed by atoms with van der Waals surface area (Å²) in [5.74, 6) is 2.35. The zero-order valence-corrected chi connectivity index (χ0v) is 14.8. The van der Waals surface area contributed by atoms with E-state index < -0.39 is 0 Å². The van der Waals surface area contributed by atoms with Crippen LogP contribution in [0.5, 0.6) is 0 Å². The third-order valence-corrected chi connectivity index (χ3v) is 1.26. The molecule has 0 bridgehead atoms. The summed E-state index contributed by atoms with van der Waals surface area (Å²) in [5.41, 5.74) is 0. The average Bonchev–Trinajstić information content (AvgIpc) is 2.41. The summed E-state index contributed by atoms with van der Waals surface area (Å²) in [7, 11) is 0. The second kappa shape index (κ2) is 30.9. The molecule has 0 spiro atoms. The molecular formula is C18H33NO2. The fraction of sp³-hybridized carbons (Fsp3) is 0.556. The maximum Gasteiger partial charge on any atom is 0.217 e. The van der Waals surface area contributed by atoms with E-state index in [0.717, 1.165) is 0 Å². The number of Topliss-reactive ketones (excluding diaryl/α,β-unsaturated/α-hetero) is 1. The predicted molar refractivity (Wildman–Crippen MR) is 94.1 cm³/mol. The molecule has 1 amide bonds. The van der Waals surface area contributed by atoms with Crippen molar-refractivity contribution in [1.82, 2.24) is 5.32 Å². The van der Waals surface area contributed by atoms with Gasteiger partial charge in [-0.25, -0.2) is 0 Å². The summed E-state index contributed by atoms with van der Waals surface area (Å²) in [6, 6.07) is 0. The van der Waals surface area contributed by atoms with Gasteiger partial charge >= 0.3 is 0 Å². The molecule has 0 aromatic carbocycles. The monoisotopic (exact) mass is 295 g/mol. The Kier molecular flexibility index (Phi) is 40.5. The van der Waals surface area contributed by atoms with E-state index in [2.05, 4.69) is 31.5 Å². The lowest BCUT2D eigenvalue weighted by Gasteiger charge is -1.92. The van der Waals surface area contributed by atoms with Gasteiger partial charge in [-0.05, 0) is 13.8 Å². The van der Waals surface area contributed by atoms with Crippen molar-refractivity contribution >= 4 is 11.7 Å². The van der Waals surface area contributed by atoms with Crippen LogP contribution in [0.2, 0.25) is 0 Å². The number of carbonyl (C=O) groups is 2. The van der Waals surface area contributed by atoms with Gasteiger partial charge < -0.3 is 5.32 Å². The smallest absolute Gasteiger partial charge is 0.217 e. The van der Waals surface area contributed by atoms with Gasteiger partial charge in [0.15, 0.2) is 0 Å². The Labute approximate surface area is 131 Å². The number of carbonyl (C=O) groups excluding carboxylic acids is 2. The lowest BCUT2D eigenvalue weighted by Crippen LogP contribution is -2.19. The van der Waals surface area contributed by atoms with E-state index in [1.54, 1.807) is 32.1 Å². The second-order valence-corrected chi connectivity index (χ2v) is 3.70. The average molecular weight is 295 g/mol. The Morgan fingerprint density at radius 3 is 1.81 bits per heavy atom. The fourth-order valence-electron chi connectivity index (χ4n) is 0.662. The van der Waals surface area contributed by atoms with Crippen LogP contribution in [-0.4, -0.2) is 18.2 Å². The van der Waals surface area contributed by atoms with Gasteiger partial charge in [0, 0.05) is 19.9 Å². The van der Waals surface area contributed by atoms with Crippen LogP contribution in [0.4, 0.5) is 0 Å². The molecule has 0 saturated heterocycles. The molecular weight excluding hydrogens is 262 g/mol. The summed E-state index contributed by atoms with van der Waals surface area (Å²) in [5, 5.41) is 2.62.